The van der Waals surface area contributed by atoms with Crippen molar-refractivity contribution in [2.45, 2.75) is 20.0 Å². The topological polar surface area (TPSA) is 50.4 Å². The Kier molecular flexibility index (Phi) is 5.16. The van der Waals surface area contributed by atoms with Crippen LogP contribution in [-0.2, 0) is 0 Å². The number of hydrogen-bond donors (Lipinski definition) is 2. The van der Waals surface area contributed by atoms with Gasteiger partial charge in [0.1, 0.15) is 11.9 Å². The standard InChI is InChI=1S/C20H24N2O2/c1-14(2)11-21-12-18(23)16-8-9-19-17(10-16)22-13-20(24-19)15-6-4-3-5-7-15/h3-10,14,20-22H,11-13H2,1-2H3. The van der Waals surface area contributed by atoms with Gasteiger partial charge in [-0.05, 0) is 36.2 Å². The maximum absolute atomic E-state index is 12.3. The summed E-state index contributed by atoms with van der Waals surface area (Å²) >= 11 is 0. The molecular weight excluding hydrogens is 300 g/mol. The zero-order chi connectivity index (χ0) is 16.9. The Morgan fingerprint density at radius 3 is 2.79 bits per heavy atom. The molecule has 0 bridgehead atoms. The molecule has 0 fully saturated rings. The fraction of sp³-hybridized carbons (Fsp3) is 0.350. The lowest BCUT2D eigenvalue weighted by Gasteiger charge is -2.28. The van der Waals surface area contributed by atoms with Gasteiger partial charge in [-0.2, -0.15) is 0 Å². The average Bonchev–Trinajstić information content (AvgIpc) is 2.61. The number of hydrogen-bond acceptors (Lipinski definition) is 4. The van der Waals surface area contributed by atoms with Crippen molar-refractivity contribution in [2.24, 2.45) is 5.92 Å². The van der Waals surface area contributed by atoms with E-state index in [1.54, 1.807) is 0 Å². The van der Waals surface area contributed by atoms with Crippen molar-refractivity contribution in [2.75, 3.05) is 25.0 Å². The Morgan fingerprint density at radius 2 is 2.04 bits per heavy atom. The molecule has 0 saturated carbocycles. The van der Waals surface area contributed by atoms with E-state index in [2.05, 4.69) is 36.6 Å². The van der Waals surface area contributed by atoms with Crippen molar-refractivity contribution in [3.8, 4) is 5.75 Å². The van der Waals surface area contributed by atoms with E-state index in [-0.39, 0.29) is 11.9 Å². The normalized spacial score (nSPS) is 16.2. The van der Waals surface area contributed by atoms with E-state index < -0.39 is 0 Å². The van der Waals surface area contributed by atoms with Crippen LogP contribution < -0.4 is 15.4 Å². The van der Waals surface area contributed by atoms with Crippen LogP contribution in [-0.4, -0.2) is 25.4 Å². The average molecular weight is 324 g/mol. The summed E-state index contributed by atoms with van der Waals surface area (Å²) in [6, 6.07) is 15.8. The Hall–Kier alpha value is -2.33. The van der Waals surface area contributed by atoms with Crippen LogP contribution in [0.15, 0.2) is 48.5 Å². The highest BCUT2D eigenvalue weighted by Gasteiger charge is 2.21. The molecule has 0 saturated heterocycles. The first-order valence-corrected chi connectivity index (χ1v) is 8.47. The summed E-state index contributed by atoms with van der Waals surface area (Å²) in [6.45, 7) is 6.16. The van der Waals surface area contributed by atoms with E-state index in [4.69, 9.17) is 4.74 Å². The van der Waals surface area contributed by atoms with Crippen molar-refractivity contribution < 1.29 is 9.53 Å². The predicted octanol–water partition coefficient (Wildman–Crippen LogP) is 3.66. The van der Waals surface area contributed by atoms with Crippen LogP contribution in [0.5, 0.6) is 5.75 Å². The number of ether oxygens (including phenoxy) is 1. The summed E-state index contributed by atoms with van der Waals surface area (Å²) in [7, 11) is 0. The smallest absolute Gasteiger partial charge is 0.176 e. The molecule has 1 aliphatic rings. The fourth-order valence-corrected chi connectivity index (χ4v) is 2.77. The van der Waals surface area contributed by atoms with Gasteiger partial charge in [0, 0.05) is 5.56 Å². The van der Waals surface area contributed by atoms with Gasteiger partial charge in [-0.15, -0.1) is 0 Å². The van der Waals surface area contributed by atoms with Crippen LogP contribution in [0.25, 0.3) is 0 Å². The van der Waals surface area contributed by atoms with Gasteiger partial charge in [0.15, 0.2) is 5.78 Å². The third-order valence-corrected chi connectivity index (χ3v) is 4.06. The zero-order valence-corrected chi connectivity index (χ0v) is 14.2. The van der Waals surface area contributed by atoms with E-state index in [9.17, 15) is 4.79 Å². The van der Waals surface area contributed by atoms with Crippen LogP contribution in [0.4, 0.5) is 5.69 Å². The predicted molar refractivity (Wildman–Crippen MR) is 96.8 cm³/mol. The lowest BCUT2D eigenvalue weighted by atomic mass is 10.1. The van der Waals surface area contributed by atoms with Crippen molar-refractivity contribution in [3.63, 3.8) is 0 Å². The third-order valence-electron chi connectivity index (χ3n) is 4.06. The molecule has 2 N–H and O–H groups in total. The summed E-state index contributed by atoms with van der Waals surface area (Å²) in [6.07, 6.45) is -0.00652. The number of benzene rings is 2. The maximum Gasteiger partial charge on any atom is 0.176 e. The number of rotatable bonds is 6. The molecule has 4 nitrogen and oxygen atoms in total. The van der Waals surface area contributed by atoms with Gasteiger partial charge in [0.05, 0.1) is 18.8 Å². The molecule has 1 heterocycles. The lowest BCUT2D eigenvalue weighted by molar-refractivity contribution is 0.0990. The Labute approximate surface area is 143 Å². The minimum absolute atomic E-state index is 0.00652. The largest absolute Gasteiger partial charge is 0.482 e. The van der Waals surface area contributed by atoms with Gasteiger partial charge in [-0.1, -0.05) is 44.2 Å². The van der Waals surface area contributed by atoms with Gasteiger partial charge < -0.3 is 15.4 Å². The van der Waals surface area contributed by atoms with Crippen molar-refractivity contribution in [3.05, 3.63) is 59.7 Å². The first kappa shape index (κ1) is 16.5. The van der Waals surface area contributed by atoms with E-state index in [1.807, 2.05) is 36.4 Å². The van der Waals surface area contributed by atoms with E-state index >= 15 is 0 Å². The highest BCUT2D eigenvalue weighted by Crippen LogP contribution is 2.34. The lowest BCUT2D eigenvalue weighted by Crippen LogP contribution is -2.27. The van der Waals surface area contributed by atoms with Crippen molar-refractivity contribution in [1.82, 2.24) is 5.32 Å². The molecule has 1 aliphatic heterocycles. The van der Waals surface area contributed by atoms with Gasteiger partial charge in [-0.25, -0.2) is 0 Å². The second kappa shape index (κ2) is 7.49. The maximum atomic E-state index is 12.3. The summed E-state index contributed by atoms with van der Waals surface area (Å²) in [5.74, 6) is 1.43. The van der Waals surface area contributed by atoms with Gasteiger partial charge in [0.2, 0.25) is 0 Å². The zero-order valence-electron chi connectivity index (χ0n) is 14.2. The Balaban J connectivity index is 1.66. The van der Waals surface area contributed by atoms with Crippen molar-refractivity contribution in [1.29, 1.82) is 0 Å². The first-order chi connectivity index (χ1) is 11.6. The minimum atomic E-state index is -0.00652. The Bertz CT molecular complexity index is 698. The summed E-state index contributed by atoms with van der Waals surface area (Å²) < 4.78 is 6.08. The quantitative estimate of drug-likeness (QED) is 0.796. The molecule has 0 aliphatic carbocycles. The second-order valence-corrected chi connectivity index (χ2v) is 6.56. The van der Waals surface area contributed by atoms with Gasteiger partial charge >= 0.3 is 0 Å². The van der Waals surface area contributed by atoms with Gasteiger partial charge in [0.25, 0.3) is 0 Å². The highest BCUT2D eigenvalue weighted by atomic mass is 16.5. The molecule has 3 rings (SSSR count). The second-order valence-electron chi connectivity index (χ2n) is 6.56. The van der Waals surface area contributed by atoms with Crippen LogP contribution >= 0.6 is 0 Å². The molecule has 126 valence electrons. The fourth-order valence-electron chi connectivity index (χ4n) is 2.77. The number of Topliss-reactive ketones (excluding diaryl/α,β-unsaturated/α-hetero) is 1. The number of nitrogens with one attached hydrogen (secondary N) is 2. The molecular formula is C20H24N2O2. The molecule has 0 amide bonds. The molecule has 0 aromatic heterocycles. The first-order valence-electron chi connectivity index (χ1n) is 8.47. The monoisotopic (exact) mass is 324 g/mol. The molecule has 1 atom stereocenters. The van der Waals surface area contributed by atoms with Crippen LogP contribution in [0.2, 0.25) is 0 Å². The summed E-state index contributed by atoms with van der Waals surface area (Å²) in [5.41, 5.74) is 2.74. The molecule has 24 heavy (non-hydrogen) atoms. The number of ketones is 1. The molecule has 2 aromatic carbocycles. The Morgan fingerprint density at radius 1 is 1.25 bits per heavy atom. The van der Waals surface area contributed by atoms with Crippen LogP contribution in [0.1, 0.15) is 35.9 Å². The molecule has 4 heteroatoms. The molecule has 0 radical (unpaired) electrons. The van der Waals surface area contributed by atoms with Crippen LogP contribution in [0, 0.1) is 5.92 Å². The summed E-state index contributed by atoms with van der Waals surface area (Å²) in [4.78, 5) is 12.3. The molecule has 1 unspecified atom stereocenters. The number of carbonyl (C=O) groups is 1. The van der Waals surface area contributed by atoms with Crippen molar-refractivity contribution >= 4 is 11.5 Å². The summed E-state index contributed by atoms with van der Waals surface area (Å²) in [5, 5.41) is 6.57. The minimum Gasteiger partial charge on any atom is -0.482 e. The van der Waals surface area contributed by atoms with E-state index in [0.717, 1.165) is 23.5 Å². The van der Waals surface area contributed by atoms with E-state index in [0.29, 0.717) is 24.6 Å². The number of carbonyl (C=O) groups excluding carboxylic acids is 1. The SMILES string of the molecule is CC(C)CNCC(=O)c1ccc2c(c1)NCC(c1ccccc1)O2. The highest BCUT2D eigenvalue weighted by molar-refractivity contribution is 5.98. The number of anilines is 1. The molecule has 2 aromatic rings. The third kappa shape index (κ3) is 3.95. The van der Waals surface area contributed by atoms with E-state index in [1.165, 1.54) is 0 Å². The van der Waals surface area contributed by atoms with Crippen LogP contribution in [0.3, 0.4) is 0 Å². The van der Waals surface area contributed by atoms with Gasteiger partial charge in [-0.3, -0.25) is 4.79 Å². The molecule has 0 spiro atoms. The number of fused-ring (bicyclic) bond motifs is 1.